The Morgan fingerprint density at radius 1 is 1.38 bits per heavy atom. The first-order valence-electron chi connectivity index (χ1n) is 9.05. The highest BCUT2D eigenvalue weighted by Crippen LogP contribution is 2.29. The number of piperidine rings is 1. The SMILES string of the molecule is CCC(NC(=O)CC(C)C1CCCNC1)c1ccccc1OC(F)F.Cl. The lowest BCUT2D eigenvalue weighted by atomic mass is 9.85. The fraction of sp³-hybridized carbons (Fsp3) is 0.632. The van der Waals surface area contributed by atoms with E-state index in [0.29, 0.717) is 24.3 Å². The van der Waals surface area contributed by atoms with E-state index in [1.54, 1.807) is 18.2 Å². The van der Waals surface area contributed by atoms with Crippen LogP contribution in [0.4, 0.5) is 8.78 Å². The molecule has 4 nitrogen and oxygen atoms in total. The largest absolute Gasteiger partial charge is 0.434 e. The van der Waals surface area contributed by atoms with Crippen LogP contribution in [-0.2, 0) is 4.79 Å². The third-order valence-electron chi connectivity index (χ3n) is 4.90. The van der Waals surface area contributed by atoms with Crippen LogP contribution >= 0.6 is 12.4 Å². The van der Waals surface area contributed by atoms with E-state index in [9.17, 15) is 13.6 Å². The summed E-state index contributed by atoms with van der Waals surface area (Å²) in [6.45, 7) is 3.14. The Balaban J connectivity index is 0.00000338. The van der Waals surface area contributed by atoms with Crippen molar-refractivity contribution in [3.63, 3.8) is 0 Å². The first-order chi connectivity index (χ1) is 12.0. The molecule has 26 heavy (non-hydrogen) atoms. The number of ether oxygens (including phenoxy) is 1. The van der Waals surface area contributed by atoms with Gasteiger partial charge in [0, 0.05) is 12.0 Å². The molecule has 1 heterocycles. The second-order valence-corrected chi connectivity index (χ2v) is 6.73. The molecule has 2 N–H and O–H groups in total. The summed E-state index contributed by atoms with van der Waals surface area (Å²) in [5, 5.41) is 6.36. The summed E-state index contributed by atoms with van der Waals surface area (Å²) in [6, 6.07) is 6.30. The van der Waals surface area contributed by atoms with E-state index in [1.165, 1.54) is 6.07 Å². The van der Waals surface area contributed by atoms with Gasteiger partial charge in [-0.25, -0.2) is 0 Å². The number of amides is 1. The van der Waals surface area contributed by atoms with E-state index in [2.05, 4.69) is 22.3 Å². The van der Waals surface area contributed by atoms with Crippen LogP contribution in [0.2, 0.25) is 0 Å². The number of hydrogen-bond donors (Lipinski definition) is 2. The van der Waals surface area contributed by atoms with Crippen LogP contribution in [0.15, 0.2) is 24.3 Å². The molecule has 0 radical (unpaired) electrons. The molecule has 1 fully saturated rings. The molecule has 3 atom stereocenters. The number of halogens is 3. The predicted molar refractivity (Wildman–Crippen MR) is 101 cm³/mol. The number of carbonyl (C=O) groups excluding carboxylic acids is 1. The lowest BCUT2D eigenvalue weighted by Crippen LogP contribution is -2.36. The topological polar surface area (TPSA) is 50.4 Å². The van der Waals surface area contributed by atoms with Gasteiger partial charge in [0.2, 0.25) is 5.91 Å². The molecule has 3 unspecified atom stereocenters. The van der Waals surface area contributed by atoms with Crippen molar-refractivity contribution in [2.24, 2.45) is 11.8 Å². The Morgan fingerprint density at radius 2 is 2.12 bits per heavy atom. The van der Waals surface area contributed by atoms with Gasteiger partial charge >= 0.3 is 6.61 Å². The van der Waals surface area contributed by atoms with Gasteiger partial charge in [0.15, 0.2) is 0 Å². The number of benzene rings is 1. The van der Waals surface area contributed by atoms with E-state index in [-0.39, 0.29) is 36.0 Å². The molecule has 1 saturated heterocycles. The van der Waals surface area contributed by atoms with Crippen molar-refractivity contribution in [1.29, 1.82) is 0 Å². The zero-order valence-corrected chi connectivity index (χ0v) is 16.2. The maximum Gasteiger partial charge on any atom is 0.387 e. The summed E-state index contributed by atoms with van der Waals surface area (Å²) in [7, 11) is 0. The molecule has 1 aliphatic rings. The molecule has 0 spiro atoms. The van der Waals surface area contributed by atoms with E-state index in [0.717, 1.165) is 25.9 Å². The van der Waals surface area contributed by atoms with Gasteiger partial charge in [-0.1, -0.05) is 32.0 Å². The fourth-order valence-corrected chi connectivity index (χ4v) is 3.45. The number of alkyl halides is 2. The molecule has 0 bridgehead atoms. The van der Waals surface area contributed by atoms with Crippen molar-refractivity contribution in [3.05, 3.63) is 29.8 Å². The molecule has 0 aromatic heterocycles. The molecule has 0 aliphatic carbocycles. The molecule has 1 aromatic rings. The minimum absolute atomic E-state index is 0. The number of para-hydroxylation sites is 1. The van der Waals surface area contributed by atoms with Gasteiger partial charge in [0.1, 0.15) is 5.75 Å². The maximum absolute atomic E-state index is 12.6. The predicted octanol–water partition coefficient (Wildman–Crippen LogP) is 4.30. The highest BCUT2D eigenvalue weighted by atomic mass is 35.5. The Hall–Kier alpha value is -1.40. The molecular formula is C19H29ClF2N2O2. The van der Waals surface area contributed by atoms with E-state index >= 15 is 0 Å². The average Bonchev–Trinajstić information content (AvgIpc) is 2.60. The van der Waals surface area contributed by atoms with Crippen molar-refractivity contribution in [2.75, 3.05) is 13.1 Å². The third kappa shape index (κ3) is 6.72. The molecule has 1 amide bonds. The first-order valence-corrected chi connectivity index (χ1v) is 9.05. The van der Waals surface area contributed by atoms with Gasteiger partial charge in [0.25, 0.3) is 0 Å². The number of hydrogen-bond acceptors (Lipinski definition) is 3. The Kier molecular flexibility index (Phi) is 9.88. The van der Waals surface area contributed by atoms with Crippen LogP contribution in [0.25, 0.3) is 0 Å². The number of nitrogens with one attached hydrogen (secondary N) is 2. The molecule has 0 saturated carbocycles. The quantitative estimate of drug-likeness (QED) is 0.695. The summed E-state index contributed by atoms with van der Waals surface area (Å²) in [6.07, 6.45) is 3.34. The number of rotatable bonds is 8. The van der Waals surface area contributed by atoms with Crippen molar-refractivity contribution < 1.29 is 18.3 Å². The third-order valence-corrected chi connectivity index (χ3v) is 4.90. The van der Waals surface area contributed by atoms with Crippen molar-refractivity contribution in [1.82, 2.24) is 10.6 Å². The molecule has 148 valence electrons. The minimum Gasteiger partial charge on any atom is -0.434 e. The summed E-state index contributed by atoms with van der Waals surface area (Å²) in [5.74, 6) is 0.873. The fourth-order valence-electron chi connectivity index (χ4n) is 3.45. The normalized spacial score (nSPS) is 19.3. The summed E-state index contributed by atoms with van der Waals surface area (Å²) >= 11 is 0. The monoisotopic (exact) mass is 390 g/mol. The summed E-state index contributed by atoms with van der Waals surface area (Å²) in [4.78, 5) is 12.5. The number of carbonyl (C=O) groups is 1. The van der Waals surface area contributed by atoms with E-state index < -0.39 is 6.61 Å². The van der Waals surface area contributed by atoms with E-state index in [1.807, 2.05) is 6.92 Å². The van der Waals surface area contributed by atoms with E-state index in [4.69, 9.17) is 0 Å². The van der Waals surface area contributed by atoms with Crippen molar-refractivity contribution >= 4 is 18.3 Å². The Labute approximate surface area is 160 Å². The lowest BCUT2D eigenvalue weighted by molar-refractivity contribution is -0.123. The second-order valence-electron chi connectivity index (χ2n) is 6.73. The molecule has 1 aliphatic heterocycles. The second kappa shape index (κ2) is 11.3. The van der Waals surface area contributed by atoms with Gasteiger partial charge in [-0.3, -0.25) is 4.79 Å². The van der Waals surface area contributed by atoms with Crippen molar-refractivity contribution in [2.45, 2.75) is 52.2 Å². The summed E-state index contributed by atoms with van der Waals surface area (Å²) in [5.41, 5.74) is 0.589. The van der Waals surface area contributed by atoms with Gasteiger partial charge in [-0.2, -0.15) is 8.78 Å². The summed E-state index contributed by atoms with van der Waals surface area (Å²) < 4.78 is 29.8. The van der Waals surface area contributed by atoms with Crippen LogP contribution in [0, 0.1) is 11.8 Å². The highest BCUT2D eigenvalue weighted by Gasteiger charge is 2.24. The minimum atomic E-state index is -2.88. The molecule has 1 aromatic carbocycles. The van der Waals surface area contributed by atoms with Crippen LogP contribution in [0.5, 0.6) is 5.75 Å². The lowest BCUT2D eigenvalue weighted by Gasteiger charge is -2.28. The smallest absolute Gasteiger partial charge is 0.387 e. The van der Waals surface area contributed by atoms with Crippen LogP contribution in [-0.4, -0.2) is 25.6 Å². The standard InChI is InChI=1S/C19H28F2N2O2.ClH/c1-3-16(15-8-4-5-9-17(15)25-19(20)21)23-18(24)11-13(2)14-7-6-10-22-12-14;/h4-5,8-9,13-14,16,19,22H,3,6-7,10-12H2,1-2H3,(H,23,24);1H. The highest BCUT2D eigenvalue weighted by molar-refractivity contribution is 5.85. The first kappa shape index (κ1) is 22.6. The van der Waals surface area contributed by atoms with Gasteiger partial charge < -0.3 is 15.4 Å². The zero-order chi connectivity index (χ0) is 18.2. The Morgan fingerprint density at radius 3 is 2.73 bits per heavy atom. The zero-order valence-electron chi connectivity index (χ0n) is 15.3. The van der Waals surface area contributed by atoms with Crippen molar-refractivity contribution in [3.8, 4) is 5.75 Å². The molecule has 7 heteroatoms. The van der Waals surface area contributed by atoms with Gasteiger partial charge in [-0.15, -0.1) is 12.4 Å². The Bertz CT molecular complexity index is 554. The maximum atomic E-state index is 12.6. The van der Waals surface area contributed by atoms with Crippen LogP contribution in [0.3, 0.4) is 0 Å². The van der Waals surface area contributed by atoms with Gasteiger partial charge in [-0.05, 0) is 50.3 Å². The average molecular weight is 391 g/mol. The van der Waals surface area contributed by atoms with Crippen LogP contribution < -0.4 is 15.4 Å². The molecular weight excluding hydrogens is 362 g/mol. The molecule has 2 rings (SSSR count). The van der Waals surface area contributed by atoms with Gasteiger partial charge in [0.05, 0.1) is 6.04 Å². The van der Waals surface area contributed by atoms with Crippen LogP contribution in [0.1, 0.15) is 51.1 Å².